The van der Waals surface area contributed by atoms with E-state index in [1.54, 1.807) is 0 Å². The van der Waals surface area contributed by atoms with Crippen LogP contribution < -0.4 is 4.90 Å². The molecule has 1 fully saturated rings. The standard InChI is InChI=1S/C16H17NO2/c1-10-7-8-11(2)14(9-10)17-15(18)12-5-3-4-6-13(12)16(17)19/h3-4,7-9,12-13H,5-6H2,1-2H3/t12-,13-/m0/s1. The van der Waals surface area contributed by atoms with Gasteiger partial charge in [-0.2, -0.15) is 0 Å². The molecule has 1 aliphatic heterocycles. The molecule has 1 aromatic carbocycles. The average Bonchev–Trinajstić information content (AvgIpc) is 2.66. The number of amides is 2. The lowest BCUT2D eigenvalue weighted by atomic mass is 9.85. The summed E-state index contributed by atoms with van der Waals surface area (Å²) in [4.78, 5) is 26.4. The maximum Gasteiger partial charge on any atom is 0.238 e. The first-order chi connectivity index (χ1) is 9.09. The predicted octanol–water partition coefficient (Wildman–Crippen LogP) is 2.76. The predicted molar refractivity (Wildman–Crippen MR) is 73.8 cm³/mol. The van der Waals surface area contributed by atoms with E-state index in [1.807, 2.05) is 44.2 Å². The van der Waals surface area contributed by atoms with Crippen molar-refractivity contribution >= 4 is 17.5 Å². The lowest BCUT2D eigenvalue weighted by Crippen LogP contribution is -2.31. The van der Waals surface area contributed by atoms with Gasteiger partial charge in [-0.25, -0.2) is 4.90 Å². The first kappa shape index (κ1) is 12.2. The molecule has 0 N–H and O–H groups in total. The van der Waals surface area contributed by atoms with Gasteiger partial charge < -0.3 is 0 Å². The molecule has 3 rings (SSSR count). The normalized spacial score (nSPS) is 25.9. The van der Waals surface area contributed by atoms with Gasteiger partial charge in [0.05, 0.1) is 17.5 Å². The Morgan fingerprint density at radius 2 is 1.58 bits per heavy atom. The Balaban J connectivity index is 2.04. The summed E-state index contributed by atoms with van der Waals surface area (Å²) in [5.74, 6) is -0.379. The Hall–Kier alpha value is -1.90. The molecule has 1 saturated heterocycles. The van der Waals surface area contributed by atoms with Gasteiger partial charge in [0.1, 0.15) is 0 Å². The Morgan fingerprint density at radius 1 is 1.00 bits per heavy atom. The molecular formula is C16H17NO2. The number of hydrogen-bond donors (Lipinski definition) is 0. The Bertz CT molecular complexity index is 562. The van der Waals surface area contributed by atoms with Gasteiger partial charge >= 0.3 is 0 Å². The second-order valence-corrected chi connectivity index (χ2v) is 5.46. The highest BCUT2D eigenvalue weighted by Crippen LogP contribution is 2.38. The molecule has 1 aliphatic carbocycles. The molecule has 1 aromatic rings. The lowest BCUT2D eigenvalue weighted by molar-refractivity contribution is -0.122. The molecule has 98 valence electrons. The van der Waals surface area contributed by atoms with E-state index < -0.39 is 0 Å². The largest absolute Gasteiger partial charge is 0.274 e. The number of carbonyl (C=O) groups is 2. The molecule has 2 atom stereocenters. The van der Waals surface area contributed by atoms with E-state index in [-0.39, 0.29) is 23.7 Å². The third-order valence-electron chi connectivity index (χ3n) is 4.11. The van der Waals surface area contributed by atoms with E-state index in [4.69, 9.17) is 0 Å². The smallest absolute Gasteiger partial charge is 0.238 e. The maximum atomic E-state index is 12.5. The zero-order chi connectivity index (χ0) is 13.6. The minimum absolute atomic E-state index is 0.0342. The molecule has 1 heterocycles. The zero-order valence-electron chi connectivity index (χ0n) is 11.2. The summed E-state index contributed by atoms with van der Waals surface area (Å²) in [5, 5.41) is 0. The Labute approximate surface area is 112 Å². The number of carbonyl (C=O) groups excluding carboxylic acids is 2. The summed E-state index contributed by atoms with van der Waals surface area (Å²) in [6.45, 7) is 3.91. The number of allylic oxidation sites excluding steroid dienone is 2. The van der Waals surface area contributed by atoms with Crippen LogP contribution in [0.25, 0.3) is 0 Å². The van der Waals surface area contributed by atoms with Crippen LogP contribution in [0.4, 0.5) is 5.69 Å². The van der Waals surface area contributed by atoms with Crippen LogP contribution in [0.5, 0.6) is 0 Å². The maximum absolute atomic E-state index is 12.5. The number of anilines is 1. The summed E-state index contributed by atoms with van der Waals surface area (Å²) in [5.41, 5.74) is 2.79. The van der Waals surface area contributed by atoms with E-state index in [1.165, 1.54) is 4.90 Å². The highest BCUT2D eigenvalue weighted by molar-refractivity contribution is 6.22. The van der Waals surface area contributed by atoms with Crippen LogP contribution in [-0.2, 0) is 9.59 Å². The van der Waals surface area contributed by atoms with Crippen LogP contribution in [0.1, 0.15) is 24.0 Å². The molecule has 2 aliphatic rings. The Kier molecular flexibility index (Phi) is 2.77. The van der Waals surface area contributed by atoms with Crippen molar-refractivity contribution in [3.8, 4) is 0 Å². The summed E-state index contributed by atoms with van der Waals surface area (Å²) in [6.07, 6.45) is 5.41. The molecular weight excluding hydrogens is 238 g/mol. The topological polar surface area (TPSA) is 37.4 Å². The van der Waals surface area contributed by atoms with Crippen molar-refractivity contribution in [3.05, 3.63) is 41.5 Å². The van der Waals surface area contributed by atoms with Crippen molar-refractivity contribution < 1.29 is 9.59 Å². The highest BCUT2D eigenvalue weighted by Gasteiger charge is 2.48. The monoisotopic (exact) mass is 255 g/mol. The molecule has 0 saturated carbocycles. The summed E-state index contributed by atoms with van der Waals surface area (Å²) in [7, 11) is 0. The van der Waals surface area contributed by atoms with Gasteiger partial charge in [0.25, 0.3) is 0 Å². The van der Waals surface area contributed by atoms with Crippen molar-refractivity contribution in [1.29, 1.82) is 0 Å². The molecule has 0 unspecified atom stereocenters. The van der Waals surface area contributed by atoms with Crippen LogP contribution in [0, 0.1) is 25.7 Å². The number of hydrogen-bond acceptors (Lipinski definition) is 2. The third-order valence-corrected chi connectivity index (χ3v) is 4.11. The van der Waals surface area contributed by atoms with Crippen molar-refractivity contribution in [1.82, 2.24) is 0 Å². The van der Waals surface area contributed by atoms with Crippen LogP contribution in [0.15, 0.2) is 30.4 Å². The van der Waals surface area contributed by atoms with E-state index in [0.717, 1.165) is 16.8 Å². The quantitative estimate of drug-likeness (QED) is 0.571. The number of nitrogens with zero attached hydrogens (tertiary/aromatic N) is 1. The molecule has 2 amide bonds. The van der Waals surface area contributed by atoms with Crippen LogP contribution in [-0.4, -0.2) is 11.8 Å². The second kappa shape index (κ2) is 4.34. The average molecular weight is 255 g/mol. The SMILES string of the molecule is Cc1ccc(C)c(N2C(=O)[C@H]3CC=CC[C@@H]3C2=O)c1. The molecule has 3 heteroatoms. The van der Waals surface area contributed by atoms with E-state index in [2.05, 4.69) is 0 Å². The summed E-state index contributed by atoms with van der Waals surface area (Å²) >= 11 is 0. The van der Waals surface area contributed by atoms with Gasteiger partial charge in [-0.1, -0.05) is 24.3 Å². The van der Waals surface area contributed by atoms with Gasteiger partial charge in [0, 0.05) is 0 Å². The van der Waals surface area contributed by atoms with Gasteiger partial charge in [-0.3, -0.25) is 9.59 Å². The van der Waals surface area contributed by atoms with Crippen molar-refractivity contribution in [3.63, 3.8) is 0 Å². The first-order valence-electron chi connectivity index (χ1n) is 6.69. The minimum Gasteiger partial charge on any atom is -0.274 e. The summed E-state index contributed by atoms with van der Waals surface area (Å²) < 4.78 is 0. The van der Waals surface area contributed by atoms with Crippen molar-refractivity contribution in [2.75, 3.05) is 4.90 Å². The van der Waals surface area contributed by atoms with E-state index in [0.29, 0.717) is 12.8 Å². The zero-order valence-corrected chi connectivity index (χ0v) is 11.2. The highest BCUT2D eigenvalue weighted by atomic mass is 16.2. The van der Waals surface area contributed by atoms with Gasteiger partial charge in [0.15, 0.2) is 0 Å². The van der Waals surface area contributed by atoms with Crippen molar-refractivity contribution in [2.24, 2.45) is 11.8 Å². The van der Waals surface area contributed by atoms with Gasteiger partial charge in [-0.15, -0.1) is 0 Å². The number of benzene rings is 1. The third kappa shape index (κ3) is 1.81. The second-order valence-electron chi connectivity index (χ2n) is 5.46. The fourth-order valence-corrected chi connectivity index (χ4v) is 3.00. The minimum atomic E-state index is -0.155. The van der Waals surface area contributed by atoms with E-state index in [9.17, 15) is 9.59 Å². The number of rotatable bonds is 1. The fourth-order valence-electron chi connectivity index (χ4n) is 3.00. The van der Waals surface area contributed by atoms with Crippen molar-refractivity contribution in [2.45, 2.75) is 26.7 Å². The van der Waals surface area contributed by atoms with Gasteiger partial charge in [0.2, 0.25) is 11.8 Å². The Morgan fingerprint density at radius 3 is 2.16 bits per heavy atom. The fraction of sp³-hybridized carbons (Fsp3) is 0.375. The number of fused-ring (bicyclic) bond motifs is 1. The van der Waals surface area contributed by atoms with Crippen LogP contribution in [0.2, 0.25) is 0 Å². The van der Waals surface area contributed by atoms with Crippen LogP contribution >= 0.6 is 0 Å². The summed E-state index contributed by atoms with van der Waals surface area (Å²) in [6, 6.07) is 5.89. The molecule has 0 spiro atoms. The number of imide groups is 1. The molecule has 0 radical (unpaired) electrons. The van der Waals surface area contributed by atoms with Crippen LogP contribution in [0.3, 0.4) is 0 Å². The first-order valence-corrected chi connectivity index (χ1v) is 6.69. The molecule has 0 bridgehead atoms. The van der Waals surface area contributed by atoms with E-state index >= 15 is 0 Å². The number of aryl methyl sites for hydroxylation is 2. The lowest BCUT2D eigenvalue weighted by Gasteiger charge is -2.18. The molecule has 19 heavy (non-hydrogen) atoms. The molecule has 0 aromatic heterocycles. The molecule has 3 nitrogen and oxygen atoms in total. The van der Waals surface area contributed by atoms with Gasteiger partial charge in [-0.05, 0) is 43.9 Å².